The van der Waals surface area contributed by atoms with Gasteiger partial charge in [0.15, 0.2) is 5.17 Å². The Morgan fingerprint density at radius 1 is 1.32 bits per heavy atom. The van der Waals surface area contributed by atoms with Crippen LogP contribution in [0, 0.1) is 6.92 Å². The fraction of sp³-hybridized carbons (Fsp3) is 0.500. The molecule has 1 amide bonds. The van der Waals surface area contributed by atoms with Gasteiger partial charge in [-0.15, -0.1) is 0 Å². The van der Waals surface area contributed by atoms with Gasteiger partial charge in [-0.3, -0.25) is 9.79 Å². The summed E-state index contributed by atoms with van der Waals surface area (Å²) in [5.74, 6) is 0.729. The van der Waals surface area contributed by atoms with Crippen LogP contribution < -0.4 is 0 Å². The minimum Gasteiger partial charge on any atom is -0.342 e. The topological polar surface area (TPSA) is 35.9 Å². The molecule has 1 saturated heterocycles. The van der Waals surface area contributed by atoms with E-state index in [0.717, 1.165) is 49.9 Å². The Bertz CT molecular complexity index is 727. The molecule has 0 aromatic heterocycles. The number of amidine groups is 1. The molecular weight excluding hydrogens is 330 g/mol. The lowest BCUT2D eigenvalue weighted by Crippen LogP contribution is -2.40. The maximum atomic E-state index is 12.9. The van der Waals surface area contributed by atoms with Crippen LogP contribution in [0.4, 0.5) is 0 Å². The monoisotopic (exact) mass is 355 g/mol. The second-order valence-electron chi connectivity index (χ2n) is 7.17. The van der Waals surface area contributed by atoms with Crippen LogP contribution in [0.5, 0.6) is 0 Å². The van der Waals surface area contributed by atoms with Gasteiger partial charge in [-0.25, -0.2) is 0 Å². The molecule has 0 unspecified atom stereocenters. The second-order valence-corrected chi connectivity index (χ2v) is 8.00. The molecule has 1 fully saturated rings. The Morgan fingerprint density at radius 2 is 2.24 bits per heavy atom. The second kappa shape index (κ2) is 7.24. The van der Waals surface area contributed by atoms with Gasteiger partial charge in [-0.1, -0.05) is 41.6 Å². The van der Waals surface area contributed by atoms with Crippen LogP contribution in [0.15, 0.2) is 40.4 Å². The van der Waals surface area contributed by atoms with Gasteiger partial charge in [0.2, 0.25) is 5.91 Å². The van der Waals surface area contributed by atoms with E-state index in [4.69, 9.17) is 0 Å². The number of nitrogens with zero attached hydrogens (tertiary/aromatic N) is 3. The Hall–Kier alpha value is -1.75. The minimum atomic E-state index is 0.260. The van der Waals surface area contributed by atoms with Crippen LogP contribution in [0.2, 0.25) is 0 Å². The number of amides is 1. The van der Waals surface area contributed by atoms with Gasteiger partial charge in [0.05, 0.1) is 6.42 Å². The summed E-state index contributed by atoms with van der Waals surface area (Å²) in [6, 6.07) is 8.74. The van der Waals surface area contributed by atoms with Crippen molar-refractivity contribution in [3.05, 3.63) is 46.5 Å². The third-order valence-electron chi connectivity index (χ3n) is 5.28. The average molecular weight is 356 g/mol. The van der Waals surface area contributed by atoms with Gasteiger partial charge in [0.25, 0.3) is 0 Å². The van der Waals surface area contributed by atoms with E-state index in [1.165, 1.54) is 17.5 Å². The summed E-state index contributed by atoms with van der Waals surface area (Å²) in [5, 5.41) is 3.19. The van der Waals surface area contributed by atoms with Crippen molar-refractivity contribution in [2.75, 3.05) is 26.2 Å². The van der Waals surface area contributed by atoms with Crippen LogP contribution in [0.3, 0.4) is 0 Å². The number of carbonyl (C=O) groups is 1. The number of aryl methyl sites for hydroxylation is 1. The molecule has 4 nitrogen and oxygen atoms in total. The molecule has 4 rings (SSSR count). The SMILES string of the molecule is Cc1cccc([C@H]2CCCN(C(=O)CC3=CSC4=NCCCN34)C2)c1. The molecule has 3 aliphatic rings. The van der Waals surface area contributed by atoms with Gasteiger partial charge in [0, 0.05) is 37.8 Å². The van der Waals surface area contributed by atoms with Crippen molar-refractivity contribution in [3.63, 3.8) is 0 Å². The van der Waals surface area contributed by atoms with E-state index >= 15 is 0 Å². The lowest BCUT2D eigenvalue weighted by atomic mass is 9.89. The predicted molar refractivity (Wildman–Crippen MR) is 104 cm³/mol. The fourth-order valence-electron chi connectivity index (χ4n) is 3.94. The largest absolute Gasteiger partial charge is 0.342 e. The molecule has 0 N–H and O–H groups in total. The minimum absolute atomic E-state index is 0.260. The number of thioether (sulfide) groups is 1. The zero-order chi connectivity index (χ0) is 17.2. The Morgan fingerprint density at radius 3 is 3.12 bits per heavy atom. The van der Waals surface area contributed by atoms with E-state index < -0.39 is 0 Å². The summed E-state index contributed by atoms with van der Waals surface area (Å²) < 4.78 is 0. The lowest BCUT2D eigenvalue weighted by molar-refractivity contribution is -0.131. The summed E-state index contributed by atoms with van der Waals surface area (Å²) in [6.07, 6.45) is 3.85. The molecule has 0 spiro atoms. The highest BCUT2D eigenvalue weighted by Gasteiger charge is 2.30. The fourth-order valence-corrected chi connectivity index (χ4v) is 4.89. The number of fused-ring (bicyclic) bond motifs is 1. The van der Waals surface area contributed by atoms with Crippen molar-refractivity contribution < 1.29 is 4.79 Å². The standard InChI is InChI=1S/C20H25N3OS/c1-15-5-2-6-16(11-15)17-7-3-9-22(13-17)19(24)12-18-14-25-20-21-8-4-10-23(18)20/h2,5-6,11,14,17H,3-4,7-10,12-13H2,1H3/t17-/m0/s1. The van der Waals surface area contributed by atoms with E-state index in [9.17, 15) is 4.79 Å². The van der Waals surface area contributed by atoms with Crippen LogP contribution in [-0.4, -0.2) is 47.1 Å². The highest BCUT2D eigenvalue weighted by atomic mass is 32.2. The first-order valence-electron chi connectivity index (χ1n) is 9.23. The highest BCUT2D eigenvalue weighted by molar-refractivity contribution is 8.16. The molecule has 0 bridgehead atoms. The molecule has 1 atom stereocenters. The Labute approximate surface area is 154 Å². The number of hydrogen-bond acceptors (Lipinski definition) is 4. The van der Waals surface area contributed by atoms with E-state index in [0.29, 0.717) is 12.3 Å². The van der Waals surface area contributed by atoms with E-state index in [1.807, 2.05) is 0 Å². The number of likely N-dealkylation sites (tertiary alicyclic amines) is 1. The van der Waals surface area contributed by atoms with E-state index in [2.05, 4.69) is 51.4 Å². The summed E-state index contributed by atoms with van der Waals surface area (Å²) in [4.78, 5) is 21.7. The molecule has 1 aromatic rings. The number of aliphatic imine (C=N–C) groups is 1. The first kappa shape index (κ1) is 16.7. The van der Waals surface area contributed by atoms with Crippen LogP contribution in [0.25, 0.3) is 0 Å². The molecule has 3 aliphatic heterocycles. The number of carbonyl (C=O) groups excluding carboxylic acids is 1. The smallest absolute Gasteiger partial charge is 0.228 e. The van der Waals surface area contributed by atoms with Gasteiger partial charge >= 0.3 is 0 Å². The van der Waals surface area contributed by atoms with Crippen molar-refractivity contribution in [3.8, 4) is 0 Å². The molecule has 5 heteroatoms. The quantitative estimate of drug-likeness (QED) is 0.829. The van der Waals surface area contributed by atoms with Gasteiger partial charge in [0.1, 0.15) is 0 Å². The number of rotatable bonds is 3. The Kier molecular flexibility index (Phi) is 4.84. The molecule has 0 saturated carbocycles. The number of piperidine rings is 1. The Balaban J connectivity index is 1.40. The summed E-state index contributed by atoms with van der Waals surface area (Å²) in [7, 11) is 0. The zero-order valence-corrected chi connectivity index (χ0v) is 15.6. The third kappa shape index (κ3) is 3.61. The number of hydrogen-bond donors (Lipinski definition) is 0. The first-order chi connectivity index (χ1) is 12.2. The van der Waals surface area contributed by atoms with E-state index in [1.54, 1.807) is 11.8 Å². The van der Waals surface area contributed by atoms with Gasteiger partial charge < -0.3 is 9.80 Å². The molecular formula is C20H25N3OS. The molecule has 1 aromatic carbocycles. The van der Waals surface area contributed by atoms with Crippen molar-refractivity contribution in [2.45, 2.75) is 38.5 Å². The van der Waals surface area contributed by atoms with Crippen molar-refractivity contribution >= 4 is 22.8 Å². The highest BCUT2D eigenvalue weighted by Crippen LogP contribution is 2.32. The molecule has 0 radical (unpaired) electrons. The summed E-state index contributed by atoms with van der Waals surface area (Å²) in [5.41, 5.74) is 3.80. The van der Waals surface area contributed by atoms with Crippen molar-refractivity contribution in [1.29, 1.82) is 0 Å². The summed E-state index contributed by atoms with van der Waals surface area (Å²) >= 11 is 1.67. The lowest BCUT2D eigenvalue weighted by Gasteiger charge is -2.34. The third-order valence-corrected chi connectivity index (χ3v) is 6.24. The van der Waals surface area contributed by atoms with Crippen LogP contribution in [-0.2, 0) is 4.79 Å². The van der Waals surface area contributed by atoms with E-state index in [-0.39, 0.29) is 5.91 Å². The van der Waals surface area contributed by atoms with Crippen LogP contribution >= 0.6 is 11.8 Å². The number of benzene rings is 1. The predicted octanol–water partition coefficient (Wildman–Crippen LogP) is 3.74. The first-order valence-corrected chi connectivity index (χ1v) is 10.1. The molecule has 0 aliphatic carbocycles. The summed E-state index contributed by atoms with van der Waals surface area (Å²) in [6.45, 7) is 5.79. The van der Waals surface area contributed by atoms with Crippen molar-refractivity contribution in [2.24, 2.45) is 4.99 Å². The van der Waals surface area contributed by atoms with Gasteiger partial charge in [-0.2, -0.15) is 0 Å². The normalized spacial score (nSPS) is 23.2. The molecule has 3 heterocycles. The maximum Gasteiger partial charge on any atom is 0.228 e. The molecule has 25 heavy (non-hydrogen) atoms. The van der Waals surface area contributed by atoms with Crippen LogP contribution in [0.1, 0.15) is 42.7 Å². The van der Waals surface area contributed by atoms with Gasteiger partial charge in [-0.05, 0) is 37.2 Å². The average Bonchev–Trinajstić information content (AvgIpc) is 3.05. The maximum absolute atomic E-state index is 12.9. The zero-order valence-electron chi connectivity index (χ0n) is 14.8. The molecule has 132 valence electrons. The van der Waals surface area contributed by atoms with Crippen molar-refractivity contribution in [1.82, 2.24) is 9.80 Å².